The van der Waals surface area contributed by atoms with E-state index >= 15 is 0 Å². The van der Waals surface area contributed by atoms with Crippen LogP contribution in [-0.2, 0) is 22.6 Å². The van der Waals surface area contributed by atoms with E-state index in [1.807, 2.05) is 29.7 Å². The molecule has 2 amide bonds. The minimum absolute atomic E-state index is 0.0791. The summed E-state index contributed by atoms with van der Waals surface area (Å²) >= 11 is 0. The zero-order chi connectivity index (χ0) is 15.7. The van der Waals surface area contributed by atoms with Crippen molar-refractivity contribution in [3.63, 3.8) is 0 Å². The van der Waals surface area contributed by atoms with Crippen molar-refractivity contribution < 1.29 is 9.59 Å². The zero-order valence-corrected chi connectivity index (χ0v) is 13.4. The van der Waals surface area contributed by atoms with Gasteiger partial charge in [-0.2, -0.15) is 0 Å². The molecule has 2 unspecified atom stereocenters. The van der Waals surface area contributed by atoms with E-state index < -0.39 is 0 Å². The first kappa shape index (κ1) is 15.1. The molecular formula is C18H24N2O2. The second-order valence-electron chi connectivity index (χ2n) is 6.24. The molecule has 0 bridgehead atoms. The van der Waals surface area contributed by atoms with Crippen molar-refractivity contribution in [1.29, 1.82) is 0 Å². The minimum Gasteiger partial charge on any atom is -0.343 e. The summed E-state index contributed by atoms with van der Waals surface area (Å²) in [6, 6.07) is 8.31. The predicted molar refractivity (Wildman–Crippen MR) is 85.1 cm³/mol. The van der Waals surface area contributed by atoms with Gasteiger partial charge >= 0.3 is 0 Å². The fourth-order valence-electron chi connectivity index (χ4n) is 3.43. The molecule has 1 saturated carbocycles. The summed E-state index contributed by atoms with van der Waals surface area (Å²) in [4.78, 5) is 28.7. The van der Waals surface area contributed by atoms with Crippen molar-refractivity contribution in [3.8, 4) is 0 Å². The molecule has 2 aliphatic rings. The Kier molecular flexibility index (Phi) is 4.19. The van der Waals surface area contributed by atoms with Crippen molar-refractivity contribution in [1.82, 2.24) is 9.80 Å². The van der Waals surface area contributed by atoms with Gasteiger partial charge in [0.05, 0.1) is 11.8 Å². The largest absolute Gasteiger partial charge is 0.343 e. The minimum atomic E-state index is -0.0848. The highest BCUT2D eigenvalue weighted by atomic mass is 16.2. The van der Waals surface area contributed by atoms with Crippen LogP contribution in [0.1, 0.15) is 31.4 Å². The Morgan fingerprint density at radius 1 is 1.14 bits per heavy atom. The fraction of sp³-hybridized carbons (Fsp3) is 0.556. The molecule has 1 heterocycles. The maximum Gasteiger partial charge on any atom is 0.226 e. The van der Waals surface area contributed by atoms with Crippen molar-refractivity contribution in [2.45, 2.75) is 33.2 Å². The SMILES string of the molecule is CCN(CC)C(=O)C1CC1C(=O)N1CCc2ccccc2C1. The molecule has 0 radical (unpaired) electrons. The van der Waals surface area contributed by atoms with Crippen molar-refractivity contribution >= 4 is 11.8 Å². The van der Waals surface area contributed by atoms with Crippen molar-refractivity contribution in [2.24, 2.45) is 11.8 Å². The molecule has 0 spiro atoms. The van der Waals surface area contributed by atoms with Gasteiger partial charge in [0, 0.05) is 26.2 Å². The normalized spacial score (nSPS) is 22.9. The lowest BCUT2D eigenvalue weighted by atomic mass is 9.99. The van der Waals surface area contributed by atoms with Crippen LogP contribution in [0.4, 0.5) is 0 Å². The lowest BCUT2D eigenvalue weighted by molar-refractivity contribution is -0.138. The lowest BCUT2D eigenvalue weighted by Crippen LogP contribution is -2.38. The number of benzene rings is 1. The van der Waals surface area contributed by atoms with E-state index in [0.29, 0.717) is 6.54 Å². The zero-order valence-electron chi connectivity index (χ0n) is 13.4. The highest BCUT2D eigenvalue weighted by Crippen LogP contribution is 2.42. The Labute approximate surface area is 132 Å². The Bertz CT molecular complexity index is 580. The lowest BCUT2D eigenvalue weighted by Gasteiger charge is -2.29. The molecule has 4 nitrogen and oxygen atoms in total. The number of rotatable bonds is 4. The van der Waals surface area contributed by atoms with Gasteiger partial charge in [-0.1, -0.05) is 24.3 Å². The number of hydrogen-bond acceptors (Lipinski definition) is 2. The first-order valence-electron chi connectivity index (χ1n) is 8.30. The molecular weight excluding hydrogens is 276 g/mol. The van der Waals surface area contributed by atoms with Gasteiger partial charge in [0.2, 0.25) is 11.8 Å². The van der Waals surface area contributed by atoms with E-state index in [1.54, 1.807) is 0 Å². The van der Waals surface area contributed by atoms with Crippen molar-refractivity contribution in [3.05, 3.63) is 35.4 Å². The van der Waals surface area contributed by atoms with Crippen molar-refractivity contribution in [2.75, 3.05) is 19.6 Å². The molecule has 2 atom stereocenters. The molecule has 22 heavy (non-hydrogen) atoms. The average Bonchev–Trinajstić information content (AvgIpc) is 3.35. The number of nitrogens with zero attached hydrogens (tertiary/aromatic N) is 2. The van der Waals surface area contributed by atoms with Crippen LogP contribution in [0.15, 0.2) is 24.3 Å². The highest BCUT2D eigenvalue weighted by molar-refractivity contribution is 5.92. The van der Waals surface area contributed by atoms with Gasteiger partial charge in [-0.3, -0.25) is 9.59 Å². The molecule has 0 aromatic heterocycles. The fourth-order valence-corrected chi connectivity index (χ4v) is 3.43. The number of amides is 2. The quantitative estimate of drug-likeness (QED) is 0.854. The molecule has 1 aromatic carbocycles. The third kappa shape index (κ3) is 2.74. The van der Waals surface area contributed by atoms with Gasteiger partial charge in [0.15, 0.2) is 0 Å². The Hall–Kier alpha value is -1.84. The monoisotopic (exact) mass is 300 g/mol. The van der Waals surface area contributed by atoms with Gasteiger partial charge in [-0.25, -0.2) is 0 Å². The molecule has 1 aliphatic heterocycles. The van der Waals surface area contributed by atoms with E-state index in [4.69, 9.17) is 0 Å². The molecule has 0 saturated heterocycles. The maximum absolute atomic E-state index is 12.6. The summed E-state index contributed by atoms with van der Waals surface area (Å²) in [5.74, 6) is 0.156. The first-order chi connectivity index (χ1) is 10.7. The number of carbonyl (C=O) groups excluding carboxylic acids is 2. The van der Waals surface area contributed by atoms with E-state index in [0.717, 1.165) is 32.5 Å². The second-order valence-corrected chi connectivity index (χ2v) is 6.24. The molecule has 1 fully saturated rings. The summed E-state index contributed by atoms with van der Waals surface area (Å²) in [6.07, 6.45) is 1.65. The summed E-state index contributed by atoms with van der Waals surface area (Å²) < 4.78 is 0. The Morgan fingerprint density at radius 3 is 2.50 bits per heavy atom. The molecule has 0 N–H and O–H groups in total. The van der Waals surface area contributed by atoms with Gasteiger partial charge < -0.3 is 9.80 Å². The van der Waals surface area contributed by atoms with E-state index in [-0.39, 0.29) is 23.7 Å². The number of fused-ring (bicyclic) bond motifs is 1. The van der Waals surface area contributed by atoms with Gasteiger partial charge in [-0.05, 0) is 37.8 Å². The molecule has 4 heteroatoms. The third-order valence-corrected chi connectivity index (χ3v) is 4.94. The summed E-state index contributed by atoms with van der Waals surface area (Å²) in [7, 11) is 0. The van der Waals surface area contributed by atoms with Gasteiger partial charge in [-0.15, -0.1) is 0 Å². The van der Waals surface area contributed by atoms with Crippen LogP contribution in [0, 0.1) is 11.8 Å². The highest BCUT2D eigenvalue weighted by Gasteiger charge is 2.50. The number of carbonyl (C=O) groups is 2. The molecule has 1 aliphatic carbocycles. The molecule has 3 rings (SSSR count). The standard InChI is InChI=1S/C18H24N2O2/c1-3-19(4-2)17(21)15-11-16(15)18(22)20-10-9-13-7-5-6-8-14(13)12-20/h5-8,15-16H,3-4,9-12H2,1-2H3. The topological polar surface area (TPSA) is 40.6 Å². The summed E-state index contributed by atoms with van der Waals surface area (Å²) in [6.45, 7) is 6.90. The summed E-state index contributed by atoms with van der Waals surface area (Å²) in [5, 5.41) is 0. The second kappa shape index (κ2) is 6.11. The van der Waals surface area contributed by atoms with Gasteiger partial charge in [0.1, 0.15) is 0 Å². The Balaban J connectivity index is 1.62. The van der Waals surface area contributed by atoms with Crippen LogP contribution in [0.3, 0.4) is 0 Å². The average molecular weight is 300 g/mol. The number of hydrogen-bond donors (Lipinski definition) is 0. The molecule has 1 aromatic rings. The predicted octanol–water partition coefficient (Wildman–Crippen LogP) is 2.08. The maximum atomic E-state index is 12.6. The third-order valence-electron chi connectivity index (χ3n) is 4.94. The first-order valence-corrected chi connectivity index (χ1v) is 8.30. The smallest absolute Gasteiger partial charge is 0.226 e. The van der Waals surface area contributed by atoms with Crippen LogP contribution in [-0.4, -0.2) is 41.2 Å². The van der Waals surface area contributed by atoms with Gasteiger partial charge in [0.25, 0.3) is 0 Å². The van der Waals surface area contributed by atoms with Crippen LogP contribution in [0.5, 0.6) is 0 Å². The van der Waals surface area contributed by atoms with E-state index in [1.165, 1.54) is 11.1 Å². The van der Waals surface area contributed by atoms with Crippen LogP contribution >= 0.6 is 0 Å². The Morgan fingerprint density at radius 2 is 1.82 bits per heavy atom. The van der Waals surface area contributed by atoms with Crippen LogP contribution in [0.25, 0.3) is 0 Å². The van der Waals surface area contributed by atoms with E-state index in [2.05, 4.69) is 18.2 Å². The van der Waals surface area contributed by atoms with Crippen LogP contribution in [0.2, 0.25) is 0 Å². The summed E-state index contributed by atoms with van der Waals surface area (Å²) in [5.41, 5.74) is 2.59. The van der Waals surface area contributed by atoms with E-state index in [9.17, 15) is 9.59 Å². The molecule has 118 valence electrons. The van der Waals surface area contributed by atoms with Crippen LogP contribution < -0.4 is 0 Å².